The number of hydrogen-bond acceptors (Lipinski definition) is 1. The molecule has 19 heavy (non-hydrogen) atoms. The molecule has 0 spiro atoms. The second kappa shape index (κ2) is 6.06. The van der Waals surface area contributed by atoms with Crippen LogP contribution in [0.1, 0.15) is 24.1 Å². The molecule has 1 atom stereocenters. The quantitative estimate of drug-likeness (QED) is 0.699. The van der Waals surface area contributed by atoms with Gasteiger partial charge in [0.15, 0.2) is 0 Å². The highest BCUT2D eigenvalue weighted by molar-refractivity contribution is 9.10. The topological polar surface area (TPSA) is 12.0 Å². The maximum atomic E-state index is 13.9. The van der Waals surface area contributed by atoms with E-state index in [1.165, 1.54) is 6.07 Å². The molecular weight excluding hydrogens is 373 g/mol. The monoisotopic (exact) mass is 385 g/mol. The zero-order valence-corrected chi connectivity index (χ0v) is 13.8. The molecule has 0 radical (unpaired) electrons. The van der Waals surface area contributed by atoms with Crippen LogP contribution in [0.25, 0.3) is 0 Å². The lowest BCUT2D eigenvalue weighted by molar-refractivity contribution is 0.599. The molecule has 0 saturated heterocycles. The van der Waals surface area contributed by atoms with Crippen molar-refractivity contribution in [2.24, 2.45) is 0 Å². The Morgan fingerprint density at radius 1 is 1.05 bits per heavy atom. The minimum atomic E-state index is -0.205. The van der Waals surface area contributed by atoms with Crippen LogP contribution in [0.3, 0.4) is 0 Å². The normalized spacial score (nSPS) is 12.3. The van der Waals surface area contributed by atoms with Crippen LogP contribution in [0, 0.1) is 12.7 Å². The third-order valence-electron chi connectivity index (χ3n) is 2.99. The molecule has 1 nitrogen and oxygen atoms in total. The number of halogens is 3. The van der Waals surface area contributed by atoms with Crippen molar-refractivity contribution in [3.05, 3.63) is 62.3 Å². The molecule has 2 aromatic carbocycles. The van der Waals surface area contributed by atoms with E-state index in [1.54, 1.807) is 6.07 Å². The first-order valence-corrected chi connectivity index (χ1v) is 7.53. The van der Waals surface area contributed by atoms with Crippen molar-refractivity contribution in [3.63, 3.8) is 0 Å². The summed E-state index contributed by atoms with van der Waals surface area (Å²) in [6, 6.07) is 11.0. The predicted octanol–water partition coefficient (Wildman–Crippen LogP) is 5.83. The Balaban J connectivity index is 2.23. The van der Waals surface area contributed by atoms with Gasteiger partial charge in [-0.1, -0.05) is 37.9 Å². The maximum Gasteiger partial charge on any atom is 0.129 e. The third kappa shape index (κ3) is 3.57. The van der Waals surface area contributed by atoms with Gasteiger partial charge in [-0.2, -0.15) is 0 Å². The first-order valence-electron chi connectivity index (χ1n) is 5.95. The van der Waals surface area contributed by atoms with Crippen LogP contribution in [-0.2, 0) is 0 Å². The fourth-order valence-corrected chi connectivity index (χ4v) is 2.76. The van der Waals surface area contributed by atoms with E-state index in [0.717, 1.165) is 20.2 Å². The van der Waals surface area contributed by atoms with Gasteiger partial charge in [0.2, 0.25) is 0 Å². The van der Waals surface area contributed by atoms with Crippen molar-refractivity contribution in [3.8, 4) is 0 Å². The molecule has 0 aliphatic carbocycles. The van der Waals surface area contributed by atoms with Crippen LogP contribution in [0.5, 0.6) is 0 Å². The first-order chi connectivity index (χ1) is 8.97. The van der Waals surface area contributed by atoms with E-state index in [1.807, 2.05) is 38.1 Å². The summed E-state index contributed by atoms with van der Waals surface area (Å²) < 4.78 is 15.7. The van der Waals surface area contributed by atoms with E-state index in [9.17, 15) is 4.39 Å². The molecule has 2 aromatic rings. The van der Waals surface area contributed by atoms with E-state index in [-0.39, 0.29) is 11.9 Å². The SMILES string of the molecule is Cc1cc(Br)ccc1NC(C)c1ccc(Br)cc1F. The number of nitrogens with one attached hydrogen (secondary N) is 1. The van der Waals surface area contributed by atoms with E-state index in [0.29, 0.717) is 5.56 Å². The Labute approximate surface area is 129 Å². The fourth-order valence-electron chi connectivity index (χ4n) is 1.95. The van der Waals surface area contributed by atoms with Gasteiger partial charge in [0.1, 0.15) is 5.82 Å². The van der Waals surface area contributed by atoms with Gasteiger partial charge in [-0.3, -0.25) is 0 Å². The zero-order chi connectivity index (χ0) is 14.0. The highest BCUT2D eigenvalue weighted by Gasteiger charge is 2.12. The largest absolute Gasteiger partial charge is 0.378 e. The van der Waals surface area contributed by atoms with Crippen molar-refractivity contribution in [2.45, 2.75) is 19.9 Å². The molecule has 100 valence electrons. The lowest BCUT2D eigenvalue weighted by atomic mass is 10.1. The Hall–Kier alpha value is -0.870. The Morgan fingerprint density at radius 2 is 1.68 bits per heavy atom. The van der Waals surface area contributed by atoms with Crippen molar-refractivity contribution in [1.82, 2.24) is 0 Å². The van der Waals surface area contributed by atoms with Crippen LogP contribution in [0.15, 0.2) is 45.3 Å². The number of anilines is 1. The Kier molecular flexibility index (Phi) is 4.63. The number of benzene rings is 2. The molecule has 1 N–H and O–H groups in total. The van der Waals surface area contributed by atoms with Gasteiger partial charge in [-0.25, -0.2) is 4.39 Å². The van der Waals surface area contributed by atoms with Crippen LogP contribution in [0.4, 0.5) is 10.1 Å². The molecule has 0 heterocycles. The average molecular weight is 387 g/mol. The highest BCUT2D eigenvalue weighted by atomic mass is 79.9. The molecular formula is C15H14Br2FN. The molecule has 4 heteroatoms. The summed E-state index contributed by atoms with van der Waals surface area (Å²) in [7, 11) is 0. The third-order valence-corrected chi connectivity index (χ3v) is 3.98. The first kappa shape index (κ1) is 14.5. The summed E-state index contributed by atoms with van der Waals surface area (Å²) >= 11 is 6.70. The predicted molar refractivity (Wildman–Crippen MR) is 85.0 cm³/mol. The molecule has 0 fully saturated rings. The van der Waals surface area contributed by atoms with Gasteiger partial charge in [-0.05, 0) is 49.7 Å². The van der Waals surface area contributed by atoms with Crippen LogP contribution in [0.2, 0.25) is 0 Å². The van der Waals surface area contributed by atoms with Crippen molar-refractivity contribution in [2.75, 3.05) is 5.32 Å². The highest BCUT2D eigenvalue weighted by Crippen LogP contribution is 2.27. The van der Waals surface area contributed by atoms with Crippen LogP contribution < -0.4 is 5.32 Å². The van der Waals surface area contributed by atoms with Crippen LogP contribution in [-0.4, -0.2) is 0 Å². The summed E-state index contributed by atoms with van der Waals surface area (Å²) in [5, 5.41) is 3.34. The molecule has 0 aliphatic heterocycles. The second-order valence-electron chi connectivity index (χ2n) is 4.49. The van der Waals surface area contributed by atoms with E-state index < -0.39 is 0 Å². The fraction of sp³-hybridized carbons (Fsp3) is 0.200. The van der Waals surface area contributed by atoms with E-state index in [2.05, 4.69) is 37.2 Å². The summed E-state index contributed by atoms with van der Waals surface area (Å²) in [4.78, 5) is 0. The molecule has 0 saturated carbocycles. The minimum Gasteiger partial charge on any atom is -0.378 e. The van der Waals surface area contributed by atoms with Crippen molar-refractivity contribution in [1.29, 1.82) is 0 Å². The number of hydrogen-bond donors (Lipinski definition) is 1. The summed E-state index contributed by atoms with van der Waals surface area (Å²) in [5.74, 6) is -0.205. The summed E-state index contributed by atoms with van der Waals surface area (Å²) in [6.45, 7) is 3.98. The van der Waals surface area contributed by atoms with Gasteiger partial charge in [-0.15, -0.1) is 0 Å². The molecule has 2 rings (SSSR count). The van der Waals surface area contributed by atoms with Gasteiger partial charge in [0, 0.05) is 20.2 Å². The van der Waals surface area contributed by atoms with Gasteiger partial charge in [0.25, 0.3) is 0 Å². The maximum absolute atomic E-state index is 13.9. The minimum absolute atomic E-state index is 0.0898. The molecule has 0 aliphatic rings. The van der Waals surface area contributed by atoms with Crippen molar-refractivity contribution >= 4 is 37.5 Å². The Bertz CT molecular complexity index is 599. The molecule has 0 aromatic heterocycles. The lowest BCUT2D eigenvalue weighted by Crippen LogP contribution is -2.09. The second-order valence-corrected chi connectivity index (χ2v) is 6.32. The van der Waals surface area contributed by atoms with Crippen molar-refractivity contribution < 1.29 is 4.39 Å². The smallest absolute Gasteiger partial charge is 0.129 e. The average Bonchev–Trinajstić information content (AvgIpc) is 2.32. The number of rotatable bonds is 3. The summed E-state index contributed by atoms with van der Waals surface area (Å²) in [5.41, 5.74) is 2.79. The summed E-state index contributed by atoms with van der Waals surface area (Å²) in [6.07, 6.45) is 0. The zero-order valence-electron chi connectivity index (χ0n) is 10.7. The molecule has 1 unspecified atom stereocenters. The molecule has 0 amide bonds. The van der Waals surface area contributed by atoms with Gasteiger partial charge in [0.05, 0.1) is 6.04 Å². The number of aryl methyl sites for hydroxylation is 1. The molecule has 0 bridgehead atoms. The van der Waals surface area contributed by atoms with Gasteiger partial charge < -0.3 is 5.32 Å². The Morgan fingerprint density at radius 3 is 2.32 bits per heavy atom. The van der Waals surface area contributed by atoms with E-state index in [4.69, 9.17) is 0 Å². The standard InChI is InChI=1S/C15H14Br2FN/c1-9-7-11(16)4-6-15(9)19-10(2)13-5-3-12(17)8-14(13)18/h3-8,10,19H,1-2H3. The van der Waals surface area contributed by atoms with Gasteiger partial charge >= 0.3 is 0 Å². The van der Waals surface area contributed by atoms with Crippen LogP contribution >= 0.6 is 31.9 Å². The van der Waals surface area contributed by atoms with E-state index >= 15 is 0 Å². The lowest BCUT2D eigenvalue weighted by Gasteiger charge is -2.18.